The van der Waals surface area contributed by atoms with Crippen LogP contribution in [0.3, 0.4) is 0 Å². The summed E-state index contributed by atoms with van der Waals surface area (Å²) in [5, 5.41) is 21.2. The van der Waals surface area contributed by atoms with Crippen LogP contribution in [-0.4, -0.2) is 55.4 Å². The SMILES string of the molecule is CCCS(=O)(=O)CCNC(CC)(CO)CO. The highest BCUT2D eigenvalue weighted by Crippen LogP contribution is 2.07. The zero-order valence-electron chi connectivity index (χ0n) is 10.1. The van der Waals surface area contributed by atoms with Crippen molar-refractivity contribution in [2.75, 3.05) is 31.3 Å². The third-order valence-corrected chi connectivity index (χ3v) is 4.57. The van der Waals surface area contributed by atoms with Gasteiger partial charge in [-0.1, -0.05) is 13.8 Å². The molecule has 0 atom stereocenters. The summed E-state index contributed by atoms with van der Waals surface area (Å²) in [6.45, 7) is 3.52. The van der Waals surface area contributed by atoms with Gasteiger partial charge < -0.3 is 15.5 Å². The van der Waals surface area contributed by atoms with Gasteiger partial charge in [-0.05, 0) is 12.8 Å². The first-order chi connectivity index (χ1) is 7.45. The summed E-state index contributed by atoms with van der Waals surface area (Å²) in [7, 11) is -3.00. The van der Waals surface area contributed by atoms with E-state index in [1.165, 1.54) is 0 Å². The quantitative estimate of drug-likeness (QED) is 0.517. The minimum absolute atomic E-state index is 0.0442. The summed E-state index contributed by atoms with van der Waals surface area (Å²) in [6, 6.07) is 0. The van der Waals surface area contributed by atoms with Gasteiger partial charge in [0.2, 0.25) is 0 Å². The first kappa shape index (κ1) is 15.8. The monoisotopic (exact) mass is 253 g/mol. The third kappa shape index (κ3) is 5.25. The minimum Gasteiger partial charge on any atom is -0.394 e. The largest absolute Gasteiger partial charge is 0.394 e. The molecule has 0 aliphatic rings. The summed E-state index contributed by atoms with van der Waals surface area (Å²) in [4.78, 5) is 0. The molecule has 0 rings (SSSR count). The van der Waals surface area contributed by atoms with E-state index >= 15 is 0 Å². The highest BCUT2D eigenvalue weighted by molar-refractivity contribution is 7.91. The average Bonchev–Trinajstić information content (AvgIpc) is 2.25. The van der Waals surface area contributed by atoms with Crippen molar-refractivity contribution in [3.05, 3.63) is 0 Å². The van der Waals surface area contributed by atoms with Gasteiger partial charge in [-0.15, -0.1) is 0 Å². The van der Waals surface area contributed by atoms with E-state index in [0.29, 0.717) is 12.8 Å². The van der Waals surface area contributed by atoms with Crippen LogP contribution in [0.4, 0.5) is 0 Å². The Morgan fingerprint density at radius 3 is 2.06 bits per heavy atom. The molecular weight excluding hydrogens is 230 g/mol. The van der Waals surface area contributed by atoms with Gasteiger partial charge >= 0.3 is 0 Å². The van der Waals surface area contributed by atoms with Crippen molar-refractivity contribution in [3.63, 3.8) is 0 Å². The second kappa shape index (κ2) is 7.21. The van der Waals surface area contributed by atoms with Gasteiger partial charge in [-0.3, -0.25) is 0 Å². The zero-order chi connectivity index (χ0) is 12.7. The van der Waals surface area contributed by atoms with Crippen LogP contribution < -0.4 is 5.32 Å². The van der Waals surface area contributed by atoms with Crippen LogP contribution in [0.5, 0.6) is 0 Å². The zero-order valence-corrected chi connectivity index (χ0v) is 10.9. The Labute approximate surface area is 97.8 Å². The Kier molecular flexibility index (Phi) is 7.14. The molecule has 0 heterocycles. The highest BCUT2D eigenvalue weighted by Gasteiger charge is 2.26. The van der Waals surface area contributed by atoms with Crippen molar-refractivity contribution < 1.29 is 18.6 Å². The van der Waals surface area contributed by atoms with Crippen LogP contribution in [0.25, 0.3) is 0 Å². The normalized spacial score (nSPS) is 13.0. The first-order valence-corrected chi connectivity index (χ1v) is 7.44. The standard InChI is InChI=1S/C10H23NO4S/c1-3-6-16(14,15)7-5-11-10(4-2,8-12)9-13/h11-13H,3-9H2,1-2H3. The van der Waals surface area contributed by atoms with E-state index in [9.17, 15) is 8.42 Å². The lowest BCUT2D eigenvalue weighted by Gasteiger charge is -2.29. The van der Waals surface area contributed by atoms with Crippen molar-refractivity contribution in [1.82, 2.24) is 5.32 Å². The molecule has 0 saturated heterocycles. The smallest absolute Gasteiger partial charge is 0.151 e. The predicted molar refractivity (Wildman–Crippen MR) is 64.1 cm³/mol. The maximum atomic E-state index is 11.4. The molecule has 0 aromatic carbocycles. The van der Waals surface area contributed by atoms with Crippen molar-refractivity contribution in [2.24, 2.45) is 0 Å². The lowest BCUT2D eigenvalue weighted by molar-refractivity contribution is 0.0895. The van der Waals surface area contributed by atoms with E-state index in [0.717, 1.165) is 0 Å². The van der Waals surface area contributed by atoms with E-state index < -0.39 is 15.4 Å². The minimum atomic E-state index is -3.00. The van der Waals surface area contributed by atoms with Gasteiger partial charge in [0.25, 0.3) is 0 Å². The lowest BCUT2D eigenvalue weighted by atomic mass is 9.99. The highest BCUT2D eigenvalue weighted by atomic mass is 32.2. The number of aliphatic hydroxyl groups is 2. The van der Waals surface area contributed by atoms with Crippen LogP contribution >= 0.6 is 0 Å². The molecule has 0 amide bonds. The molecule has 3 N–H and O–H groups in total. The van der Waals surface area contributed by atoms with E-state index in [-0.39, 0.29) is 31.3 Å². The number of rotatable bonds is 9. The molecule has 6 heteroatoms. The average molecular weight is 253 g/mol. The molecule has 16 heavy (non-hydrogen) atoms. The number of hydrogen-bond acceptors (Lipinski definition) is 5. The molecule has 98 valence electrons. The van der Waals surface area contributed by atoms with Gasteiger partial charge in [0, 0.05) is 12.3 Å². The predicted octanol–water partition coefficient (Wildman–Crippen LogP) is -0.466. The second-order valence-corrected chi connectivity index (χ2v) is 6.33. The van der Waals surface area contributed by atoms with Gasteiger partial charge in [0.1, 0.15) is 0 Å². The summed E-state index contributed by atoms with van der Waals surface area (Å²) >= 11 is 0. The Bertz CT molecular complexity index is 264. The molecule has 0 aromatic heterocycles. The van der Waals surface area contributed by atoms with Gasteiger partial charge in [-0.25, -0.2) is 8.42 Å². The summed E-state index contributed by atoms with van der Waals surface area (Å²) in [5.74, 6) is 0.231. The number of sulfone groups is 1. The van der Waals surface area contributed by atoms with Crippen molar-refractivity contribution >= 4 is 9.84 Å². The van der Waals surface area contributed by atoms with Gasteiger partial charge in [-0.2, -0.15) is 0 Å². The van der Waals surface area contributed by atoms with E-state index in [2.05, 4.69) is 5.32 Å². The van der Waals surface area contributed by atoms with Gasteiger partial charge in [0.05, 0.1) is 24.5 Å². The maximum absolute atomic E-state index is 11.4. The van der Waals surface area contributed by atoms with E-state index in [4.69, 9.17) is 10.2 Å². The molecule has 0 aromatic rings. The van der Waals surface area contributed by atoms with Crippen molar-refractivity contribution in [2.45, 2.75) is 32.2 Å². The molecule has 0 unspecified atom stereocenters. The molecule has 0 radical (unpaired) electrons. The van der Waals surface area contributed by atoms with Crippen LogP contribution in [0.15, 0.2) is 0 Å². The molecule has 0 saturated carbocycles. The fourth-order valence-corrected chi connectivity index (χ4v) is 2.63. The van der Waals surface area contributed by atoms with Crippen LogP contribution in [0.1, 0.15) is 26.7 Å². The Hall–Kier alpha value is -0.170. The molecule has 0 aliphatic carbocycles. The lowest BCUT2D eigenvalue weighted by Crippen LogP contribution is -2.52. The topological polar surface area (TPSA) is 86.6 Å². The summed E-state index contributed by atoms with van der Waals surface area (Å²) < 4.78 is 22.8. The van der Waals surface area contributed by atoms with Crippen molar-refractivity contribution in [1.29, 1.82) is 0 Å². The fraction of sp³-hybridized carbons (Fsp3) is 1.00. The first-order valence-electron chi connectivity index (χ1n) is 5.62. The molecule has 0 spiro atoms. The number of nitrogens with one attached hydrogen (secondary N) is 1. The van der Waals surface area contributed by atoms with Crippen LogP contribution in [-0.2, 0) is 9.84 Å². The number of hydrogen-bond donors (Lipinski definition) is 3. The van der Waals surface area contributed by atoms with Crippen LogP contribution in [0.2, 0.25) is 0 Å². The Morgan fingerprint density at radius 2 is 1.69 bits per heavy atom. The molecule has 5 nitrogen and oxygen atoms in total. The van der Waals surface area contributed by atoms with Gasteiger partial charge in [0.15, 0.2) is 9.84 Å². The Balaban J connectivity index is 4.14. The number of aliphatic hydroxyl groups excluding tert-OH is 2. The maximum Gasteiger partial charge on any atom is 0.151 e. The molecule has 0 aliphatic heterocycles. The summed E-state index contributed by atoms with van der Waals surface area (Å²) in [6.07, 6.45) is 1.16. The molecular formula is C10H23NO4S. The third-order valence-electron chi connectivity index (χ3n) is 2.71. The fourth-order valence-electron chi connectivity index (χ4n) is 1.40. The van der Waals surface area contributed by atoms with E-state index in [1.54, 1.807) is 0 Å². The second-order valence-electron chi connectivity index (χ2n) is 4.03. The summed E-state index contributed by atoms with van der Waals surface area (Å²) in [5.41, 5.74) is -0.762. The molecule has 0 bridgehead atoms. The Morgan fingerprint density at radius 1 is 1.12 bits per heavy atom. The van der Waals surface area contributed by atoms with Crippen LogP contribution in [0, 0.1) is 0 Å². The van der Waals surface area contributed by atoms with Crippen molar-refractivity contribution in [3.8, 4) is 0 Å². The van der Waals surface area contributed by atoms with E-state index in [1.807, 2.05) is 13.8 Å². The molecule has 0 fully saturated rings.